The Kier molecular flexibility index (Phi) is 4.32. The number of methoxy groups -OCH3 is 1. The van der Waals surface area contributed by atoms with Crippen LogP contribution < -0.4 is 9.64 Å². The molecule has 0 bridgehead atoms. The molecule has 2 heterocycles. The molecule has 0 spiro atoms. The number of carbonyl (C=O) groups excluding carboxylic acids is 1. The van der Waals surface area contributed by atoms with Gasteiger partial charge in [0, 0.05) is 17.8 Å². The van der Waals surface area contributed by atoms with Gasteiger partial charge in [0.05, 0.1) is 23.2 Å². The molecule has 0 radical (unpaired) electrons. The smallest absolute Gasteiger partial charge is 0.268 e. The van der Waals surface area contributed by atoms with Crippen molar-refractivity contribution in [3.05, 3.63) is 64.5 Å². The first-order valence-electron chi connectivity index (χ1n) is 8.70. The lowest BCUT2D eigenvalue weighted by Gasteiger charge is -2.19. The number of hydrogen-bond donors (Lipinski definition) is 0. The van der Waals surface area contributed by atoms with Gasteiger partial charge in [0.25, 0.3) is 5.91 Å². The summed E-state index contributed by atoms with van der Waals surface area (Å²) in [5, 5.41) is 2.07. The Morgan fingerprint density at radius 3 is 2.52 bits per heavy atom. The number of hydrogen-bond acceptors (Lipinski definition) is 4. The van der Waals surface area contributed by atoms with Crippen LogP contribution in [0.3, 0.4) is 0 Å². The highest BCUT2D eigenvalue weighted by atomic mass is 32.1. The molecule has 27 heavy (non-hydrogen) atoms. The van der Waals surface area contributed by atoms with Crippen LogP contribution in [0.25, 0.3) is 21.1 Å². The van der Waals surface area contributed by atoms with Crippen LogP contribution in [-0.4, -0.2) is 25.0 Å². The molecule has 0 atom stereocenters. The van der Waals surface area contributed by atoms with Gasteiger partial charge in [0.15, 0.2) is 0 Å². The van der Waals surface area contributed by atoms with Crippen LogP contribution in [0.4, 0.5) is 5.69 Å². The van der Waals surface area contributed by atoms with Crippen LogP contribution >= 0.6 is 11.3 Å². The molecular weight excluding hydrogens is 356 g/mol. The van der Waals surface area contributed by atoms with E-state index in [-0.39, 0.29) is 5.91 Å². The highest BCUT2D eigenvalue weighted by molar-refractivity contribution is 7.20. The van der Waals surface area contributed by atoms with Crippen LogP contribution in [0.5, 0.6) is 5.75 Å². The Morgan fingerprint density at radius 2 is 1.74 bits per heavy atom. The predicted octanol–water partition coefficient (Wildman–Crippen LogP) is 5.35. The first kappa shape index (κ1) is 17.5. The zero-order chi connectivity index (χ0) is 19.1. The van der Waals surface area contributed by atoms with Gasteiger partial charge < -0.3 is 9.64 Å². The second-order valence-corrected chi connectivity index (χ2v) is 7.76. The van der Waals surface area contributed by atoms with Crippen molar-refractivity contribution in [2.75, 3.05) is 19.1 Å². The van der Waals surface area contributed by atoms with Gasteiger partial charge in [0.2, 0.25) is 0 Å². The fourth-order valence-corrected chi connectivity index (χ4v) is 4.18. The van der Waals surface area contributed by atoms with Crippen molar-refractivity contribution >= 4 is 44.1 Å². The van der Waals surface area contributed by atoms with Gasteiger partial charge >= 0.3 is 0 Å². The molecule has 5 heteroatoms. The molecule has 2 aromatic carbocycles. The van der Waals surface area contributed by atoms with Crippen LogP contribution in [0, 0.1) is 13.8 Å². The van der Waals surface area contributed by atoms with Crippen molar-refractivity contribution < 1.29 is 9.53 Å². The van der Waals surface area contributed by atoms with Gasteiger partial charge in [-0.25, -0.2) is 4.98 Å². The van der Waals surface area contributed by atoms with Gasteiger partial charge in [-0.3, -0.25) is 4.79 Å². The van der Waals surface area contributed by atoms with Gasteiger partial charge in [0.1, 0.15) is 10.6 Å². The maximum Gasteiger partial charge on any atom is 0.268 e. The molecule has 0 aliphatic carbocycles. The Bertz CT molecular complexity index is 1180. The maximum atomic E-state index is 13.1. The number of ether oxygens (including phenoxy) is 1. The van der Waals surface area contributed by atoms with Crippen molar-refractivity contribution in [3.63, 3.8) is 0 Å². The quantitative estimate of drug-likeness (QED) is 0.484. The number of rotatable bonds is 3. The lowest BCUT2D eigenvalue weighted by molar-refractivity contribution is 0.0996. The first-order chi connectivity index (χ1) is 13.0. The summed E-state index contributed by atoms with van der Waals surface area (Å²) < 4.78 is 5.43. The van der Waals surface area contributed by atoms with Crippen molar-refractivity contribution in [2.24, 2.45) is 0 Å². The summed E-state index contributed by atoms with van der Waals surface area (Å²) in [5.41, 5.74) is 3.96. The lowest BCUT2D eigenvalue weighted by atomic mass is 10.1. The van der Waals surface area contributed by atoms with Gasteiger partial charge in [-0.15, -0.1) is 11.3 Å². The number of pyridine rings is 1. The van der Waals surface area contributed by atoms with E-state index < -0.39 is 0 Å². The molecule has 4 nitrogen and oxygen atoms in total. The summed E-state index contributed by atoms with van der Waals surface area (Å²) in [5.74, 6) is 0.610. The van der Waals surface area contributed by atoms with Crippen molar-refractivity contribution in [1.82, 2.24) is 4.98 Å². The molecule has 0 fully saturated rings. The molecule has 0 saturated carbocycles. The average molecular weight is 376 g/mol. The number of aromatic nitrogens is 1. The second kappa shape index (κ2) is 6.67. The lowest BCUT2D eigenvalue weighted by Crippen LogP contribution is -2.25. The Morgan fingerprint density at radius 1 is 1.00 bits per heavy atom. The molecule has 1 amide bonds. The number of benzene rings is 2. The zero-order valence-electron chi connectivity index (χ0n) is 15.7. The van der Waals surface area contributed by atoms with E-state index in [1.165, 1.54) is 16.9 Å². The molecular formula is C22H20N2O2S. The number of fused-ring (bicyclic) bond motifs is 2. The molecule has 0 N–H and O–H groups in total. The van der Waals surface area contributed by atoms with Crippen LogP contribution in [0.2, 0.25) is 0 Å². The molecule has 0 saturated heterocycles. The Hall–Kier alpha value is -2.92. The third-order valence-corrected chi connectivity index (χ3v) is 5.70. The maximum absolute atomic E-state index is 13.1. The van der Waals surface area contributed by atoms with E-state index in [0.29, 0.717) is 10.6 Å². The fourth-order valence-electron chi connectivity index (χ4n) is 3.18. The number of amides is 1. The average Bonchev–Trinajstić information content (AvgIpc) is 3.07. The topological polar surface area (TPSA) is 42.4 Å². The number of thiophene rings is 1. The predicted molar refractivity (Wildman–Crippen MR) is 112 cm³/mol. The third kappa shape index (κ3) is 3.15. The SMILES string of the molecule is COc1ccc(C)cc1N(C)C(=O)c1cc2cc3ccc(C)cc3nc2s1. The Labute approximate surface area is 162 Å². The highest BCUT2D eigenvalue weighted by Crippen LogP contribution is 2.32. The molecule has 2 aromatic heterocycles. The van der Waals surface area contributed by atoms with Crippen LogP contribution in [0.1, 0.15) is 20.8 Å². The van der Waals surface area contributed by atoms with Gasteiger partial charge in [-0.05, 0) is 55.3 Å². The van der Waals surface area contributed by atoms with Gasteiger partial charge in [-0.2, -0.15) is 0 Å². The van der Waals surface area contributed by atoms with Crippen molar-refractivity contribution in [1.29, 1.82) is 0 Å². The normalized spacial score (nSPS) is 11.1. The van der Waals surface area contributed by atoms with E-state index in [1.807, 2.05) is 31.2 Å². The molecule has 136 valence electrons. The van der Waals surface area contributed by atoms with E-state index in [1.54, 1.807) is 19.1 Å². The molecule has 4 aromatic rings. The molecule has 0 aliphatic rings. The van der Waals surface area contributed by atoms with Gasteiger partial charge in [-0.1, -0.05) is 18.2 Å². The van der Waals surface area contributed by atoms with E-state index >= 15 is 0 Å². The fraction of sp³-hybridized carbons (Fsp3) is 0.182. The monoisotopic (exact) mass is 376 g/mol. The molecule has 0 aliphatic heterocycles. The summed E-state index contributed by atoms with van der Waals surface area (Å²) >= 11 is 1.42. The Balaban J connectivity index is 1.76. The standard InChI is InChI=1S/C22H20N2O2S/c1-13-5-7-15-11-16-12-20(27-21(16)23-17(15)9-13)22(25)24(3)18-10-14(2)6-8-19(18)26-4/h5-12H,1-4H3. The molecule has 4 rings (SSSR count). The first-order valence-corrected chi connectivity index (χ1v) is 9.51. The minimum Gasteiger partial charge on any atom is -0.495 e. The third-order valence-electron chi connectivity index (χ3n) is 4.67. The summed E-state index contributed by atoms with van der Waals surface area (Å²) in [4.78, 5) is 21.0. The summed E-state index contributed by atoms with van der Waals surface area (Å²) in [7, 11) is 3.39. The van der Waals surface area contributed by atoms with E-state index in [0.717, 1.165) is 32.4 Å². The molecule has 0 unspecified atom stereocenters. The number of anilines is 1. The van der Waals surface area contributed by atoms with Crippen LogP contribution in [0.15, 0.2) is 48.5 Å². The summed E-state index contributed by atoms with van der Waals surface area (Å²) in [6.07, 6.45) is 0. The van der Waals surface area contributed by atoms with Crippen molar-refractivity contribution in [3.8, 4) is 5.75 Å². The number of nitrogens with zero attached hydrogens (tertiary/aromatic N) is 2. The number of aryl methyl sites for hydroxylation is 2. The van der Waals surface area contributed by atoms with E-state index in [9.17, 15) is 4.79 Å². The number of carbonyl (C=O) groups is 1. The van der Waals surface area contributed by atoms with E-state index in [4.69, 9.17) is 9.72 Å². The largest absolute Gasteiger partial charge is 0.495 e. The minimum absolute atomic E-state index is 0.0675. The highest BCUT2D eigenvalue weighted by Gasteiger charge is 2.20. The summed E-state index contributed by atoms with van der Waals surface area (Å²) in [6.45, 7) is 4.05. The minimum atomic E-state index is -0.0675. The second-order valence-electron chi connectivity index (χ2n) is 6.73. The zero-order valence-corrected chi connectivity index (χ0v) is 16.6. The van der Waals surface area contributed by atoms with E-state index in [2.05, 4.69) is 31.2 Å². The van der Waals surface area contributed by atoms with Crippen molar-refractivity contribution in [2.45, 2.75) is 13.8 Å². The van der Waals surface area contributed by atoms with Crippen LogP contribution in [-0.2, 0) is 0 Å². The summed E-state index contributed by atoms with van der Waals surface area (Å²) in [6, 6.07) is 16.0.